The number of carbonyl (C=O) groups is 2. The smallest absolute Gasteiger partial charge is 0.338 e. The summed E-state index contributed by atoms with van der Waals surface area (Å²) in [7, 11) is -3.80. The van der Waals surface area contributed by atoms with Crippen molar-refractivity contribution >= 4 is 39.1 Å². The Kier molecular flexibility index (Phi) is 7.09. The topological polar surface area (TPSA) is 80.8 Å². The van der Waals surface area contributed by atoms with Crippen molar-refractivity contribution in [3.8, 4) is 0 Å². The summed E-state index contributed by atoms with van der Waals surface area (Å²) in [6.45, 7) is 1.56. The van der Waals surface area contributed by atoms with E-state index in [1.807, 2.05) is 6.07 Å². The summed E-state index contributed by atoms with van der Waals surface area (Å²) in [6, 6.07) is 20.4. The molecule has 3 aromatic rings. The van der Waals surface area contributed by atoms with Crippen LogP contribution >= 0.6 is 11.6 Å². The first kappa shape index (κ1) is 22.5. The van der Waals surface area contributed by atoms with Gasteiger partial charge in [0.2, 0.25) is 0 Å². The summed E-state index contributed by atoms with van der Waals surface area (Å²) >= 11 is 5.79. The van der Waals surface area contributed by atoms with E-state index >= 15 is 0 Å². The summed E-state index contributed by atoms with van der Waals surface area (Å²) < 4.78 is 32.3. The van der Waals surface area contributed by atoms with Crippen molar-refractivity contribution in [3.63, 3.8) is 0 Å². The van der Waals surface area contributed by atoms with E-state index in [0.717, 1.165) is 0 Å². The number of hydrogen-bond acceptors (Lipinski definition) is 5. The first-order chi connectivity index (χ1) is 14.8. The zero-order chi connectivity index (χ0) is 22.4. The zero-order valence-electron chi connectivity index (χ0n) is 16.7. The van der Waals surface area contributed by atoms with Gasteiger partial charge in [-0.3, -0.25) is 9.10 Å². The van der Waals surface area contributed by atoms with Crippen molar-refractivity contribution in [2.45, 2.75) is 11.8 Å². The van der Waals surface area contributed by atoms with Crippen molar-refractivity contribution in [1.82, 2.24) is 0 Å². The highest BCUT2D eigenvalue weighted by Gasteiger charge is 2.24. The van der Waals surface area contributed by atoms with Gasteiger partial charge in [0.05, 0.1) is 16.1 Å². The highest BCUT2D eigenvalue weighted by atomic mass is 35.5. The molecule has 0 fully saturated rings. The Bertz CT molecular complexity index is 1160. The minimum absolute atomic E-state index is 0.0481. The SMILES string of the molecule is CCN(c1ccccc1)S(=O)(=O)c1ccc(C(=O)OCC(=O)c2ccc(Cl)cc2)cc1. The van der Waals surface area contributed by atoms with Crippen molar-refractivity contribution in [2.75, 3.05) is 17.5 Å². The fraction of sp³-hybridized carbons (Fsp3) is 0.130. The first-order valence-corrected chi connectivity index (χ1v) is 11.3. The third-order valence-corrected chi connectivity index (χ3v) is 6.68. The van der Waals surface area contributed by atoms with Gasteiger partial charge in [-0.25, -0.2) is 13.2 Å². The monoisotopic (exact) mass is 457 g/mol. The van der Waals surface area contributed by atoms with Gasteiger partial charge >= 0.3 is 5.97 Å². The Hall–Kier alpha value is -3.16. The molecule has 0 saturated heterocycles. The molecule has 0 atom stereocenters. The second kappa shape index (κ2) is 9.76. The molecule has 31 heavy (non-hydrogen) atoms. The molecule has 0 bridgehead atoms. The molecule has 8 heteroatoms. The summed E-state index contributed by atoms with van der Waals surface area (Å²) in [5.74, 6) is -1.09. The van der Waals surface area contributed by atoms with Crippen LogP contribution in [0.1, 0.15) is 27.6 Å². The number of rotatable bonds is 8. The number of nitrogens with zero attached hydrogens (tertiary/aromatic N) is 1. The normalized spacial score (nSPS) is 11.0. The fourth-order valence-corrected chi connectivity index (χ4v) is 4.51. The molecular formula is C23H20ClNO5S. The van der Waals surface area contributed by atoms with Crippen molar-refractivity contribution in [2.24, 2.45) is 0 Å². The Balaban J connectivity index is 1.69. The quantitative estimate of drug-likeness (QED) is 0.365. The van der Waals surface area contributed by atoms with E-state index < -0.39 is 22.6 Å². The van der Waals surface area contributed by atoms with Crippen LogP contribution in [0.4, 0.5) is 5.69 Å². The van der Waals surface area contributed by atoms with Crippen LogP contribution in [0.3, 0.4) is 0 Å². The molecule has 0 unspecified atom stereocenters. The predicted molar refractivity (Wildman–Crippen MR) is 119 cm³/mol. The maximum absolute atomic E-state index is 13.0. The Morgan fingerprint density at radius 1 is 0.871 bits per heavy atom. The highest BCUT2D eigenvalue weighted by molar-refractivity contribution is 7.92. The summed E-state index contributed by atoms with van der Waals surface area (Å²) in [5, 5.41) is 0.498. The van der Waals surface area contributed by atoms with Gasteiger partial charge in [0.15, 0.2) is 12.4 Å². The Labute approximate surface area is 186 Å². The number of ketones is 1. The Morgan fingerprint density at radius 3 is 2.03 bits per heavy atom. The lowest BCUT2D eigenvalue weighted by molar-refractivity contribution is 0.0474. The molecule has 3 rings (SSSR count). The second-order valence-corrected chi connectivity index (χ2v) is 8.83. The number of carbonyl (C=O) groups excluding carboxylic acids is 2. The third-order valence-electron chi connectivity index (χ3n) is 4.51. The molecule has 6 nitrogen and oxygen atoms in total. The zero-order valence-corrected chi connectivity index (χ0v) is 18.3. The van der Waals surface area contributed by atoms with Crippen LogP contribution in [0.15, 0.2) is 83.8 Å². The summed E-state index contributed by atoms with van der Waals surface area (Å²) in [5.41, 5.74) is 1.07. The number of sulfonamides is 1. The van der Waals surface area contributed by atoms with Crippen molar-refractivity contribution < 1.29 is 22.7 Å². The van der Waals surface area contributed by atoms with Crippen LogP contribution in [0.2, 0.25) is 5.02 Å². The largest absolute Gasteiger partial charge is 0.454 e. The molecule has 0 radical (unpaired) electrons. The predicted octanol–water partition coefficient (Wildman–Crippen LogP) is 4.59. The van der Waals surface area contributed by atoms with Crippen molar-refractivity contribution in [3.05, 3.63) is 95.0 Å². The second-order valence-electron chi connectivity index (χ2n) is 6.54. The molecule has 0 spiro atoms. The fourth-order valence-electron chi connectivity index (χ4n) is 2.91. The average Bonchev–Trinajstić information content (AvgIpc) is 2.79. The number of hydrogen-bond donors (Lipinski definition) is 0. The number of ether oxygens (including phenoxy) is 1. The number of halogens is 1. The van der Waals surface area contributed by atoms with Crippen LogP contribution in [-0.2, 0) is 14.8 Å². The number of benzene rings is 3. The minimum atomic E-state index is -3.80. The van der Waals surface area contributed by atoms with Gasteiger partial charge in [0.25, 0.3) is 10.0 Å². The number of Topliss-reactive ketones (excluding diaryl/α,β-unsaturated/α-hetero) is 1. The van der Waals surface area contributed by atoms with Crippen LogP contribution in [0, 0.1) is 0 Å². The molecule has 0 aromatic heterocycles. The molecule has 0 heterocycles. The molecule has 0 aliphatic carbocycles. The van der Waals surface area contributed by atoms with E-state index in [2.05, 4.69) is 0 Å². The first-order valence-electron chi connectivity index (χ1n) is 9.46. The van der Waals surface area contributed by atoms with E-state index in [4.69, 9.17) is 16.3 Å². The van der Waals surface area contributed by atoms with Crippen molar-refractivity contribution in [1.29, 1.82) is 0 Å². The van der Waals surface area contributed by atoms with Gasteiger partial charge in [-0.05, 0) is 67.6 Å². The summed E-state index contributed by atoms with van der Waals surface area (Å²) in [6.07, 6.45) is 0. The van der Waals surface area contributed by atoms with E-state index in [0.29, 0.717) is 16.3 Å². The van der Waals surface area contributed by atoms with Gasteiger partial charge in [0.1, 0.15) is 0 Å². The molecule has 0 aliphatic heterocycles. The molecule has 0 amide bonds. The molecular weight excluding hydrogens is 438 g/mol. The molecule has 0 saturated carbocycles. The number of anilines is 1. The average molecular weight is 458 g/mol. The van der Waals surface area contributed by atoms with Crippen LogP contribution in [0.5, 0.6) is 0 Å². The standard InChI is InChI=1S/C23H20ClNO5S/c1-2-25(20-6-4-3-5-7-20)31(28,29)21-14-10-18(11-15-21)23(27)30-16-22(26)17-8-12-19(24)13-9-17/h3-15H,2,16H2,1H3. The van der Waals surface area contributed by atoms with Crippen LogP contribution in [0.25, 0.3) is 0 Å². The summed E-state index contributed by atoms with van der Waals surface area (Å²) in [4.78, 5) is 24.4. The minimum Gasteiger partial charge on any atom is -0.454 e. The molecule has 3 aromatic carbocycles. The molecule has 0 aliphatic rings. The van der Waals surface area contributed by atoms with Gasteiger partial charge in [-0.15, -0.1) is 0 Å². The van der Waals surface area contributed by atoms with E-state index in [1.54, 1.807) is 55.5 Å². The third kappa shape index (κ3) is 5.31. The van der Waals surface area contributed by atoms with Gasteiger partial charge < -0.3 is 4.74 Å². The lowest BCUT2D eigenvalue weighted by atomic mass is 10.1. The van der Waals surface area contributed by atoms with Gasteiger partial charge in [0, 0.05) is 17.1 Å². The lowest BCUT2D eigenvalue weighted by Gasteiger charge is -2.22. The van der Waals surface area contributed by atoms with Crippen LogP contribution in [-0.4, -0.2) is 33.3 Å². The highest BCUT2D eigenvalue weighted by Crippen LogP contribution is 2.23. The van der Waals surface area contributed by atoms with Gasteiger partial charge in [-0.2, -0.15) is 0 Å². The molecule has 0 N–H and O–H groups in total. The van der Waals surface area contributed by atoms with E-state index in [-0.39, 0.29) is 22.8 Å². The number of para-hydroxylation sites is 1. The van der Waals surface area contributed by atoms with E-state index in [1.165, 1.54) is 28.6 Å². The maximum atomic E-state index is 13.0. The van der Waals surface area contributed by atoms with E-state index in [9.17, 15) is 18.0 Å². The van der Waals surface area contributed by atoms with Crippen LogP contribution < -0.4 is 4.31 Å². The number of esters is 1. The Morgan fingerprint density at radius 2 is 1.45 bits per heavy atom. The van der Waals surface area contributed by atoms with Gasteiger partial charge in [-0.1, -0.05) is 29.8 Å². The molecule has 160 valence electrons. The maximum Gasteiger partial charge on any atom is 0.338 e. The lowest BCUT2D eigenvalue weighted by Crippen LogP contribution is -2.30.